The van der Waals surface area contributed by atoms with Gasteiger partial charge in [-0.25, -0.2) is 0 Å². The molecule has 0 radical (unpaired) electrons. The Hall–Kier alpha value is -3.52. The Morgan fingerprint density at radius 3 is 0.967 bits per heavy atom. The van der Waals surface area contributed by atoms with Crippen molar-refractivity contribution in [3.63, 3.8) is 0 Å². The van der Waals surface area contributed by atoms with Crippen LogP contribution in [0, 0.1) is 0 Å². The lowest BCUT2D eigenvalue weighted by Gasteiger charge is -2.12. The van der Waals surface area contributed by atoms with Gasteiger partial charge in [0.25, 0.3) is 0 Å². The monoisotopic (exact) mass is 396 g/mol. The Labute approximate surface area is 179 Å². The fourth-order valence-corrected chi connectivity index (χ4v) is 3.39. The first-order chi connectivity index (χ1) is 14.5. The van der Waals surface area contributed by atoms with E-state index < -0.39 is 0 Å². The number of benzene rings is 4. The van der Waals surface area contributed by atoms with Crippen LogP contribution in [0.3, 0.4) is 0 Å². The van der Waals surface area contributed by atoms with E-state index in [0.29, 0.717) is 5.92 Å². The average Bonchev–Trinajstić information content (AvgIpc) is 2.81. The second-order valence-corrected chi connectivity index (χ2v) is 7.45. The Morgan fingerprint density at radius 1 is 0.400 bits per heavy atom. The zero-order valence-electron chi connectivity index (χ0n) is 17.4. The van der Waals surface area contributed by atoms with Crippen LogP contribution in [0.1, 0.15) is 47.9 Å². The molecule has 152 valence electrons. The third kappa shape index (κ3) is 5.74. The number of aromatic hydroxyl groups is 2. The van der Waals surface area contributed by atoms with Crippen molar-refractivity contribution in [2.24, 2.45) is 0 Å². The van der Waals surface area contributed by atoms with E-state index in [1.165, 1.54) is 11.1 Å². The van der Waals surface area contributed by atoms with Gasteiger partial charge in [0.15, 0.2) is 0 Å². The normalized spacial score (nSPS) is 10.5. The van der Waals surface area contributed by atoms with E-state index in [2.05, 4.69) is 74.5 Å². The summed E-state index contributed by atoms with van der Waals surface area (Å²) in [5.41, 5.74) is 5.03. The highest BCUT2D eigenvalue weighted by Crippen LogP contribution is 2.26. The molecule has 2 nitrogen and oxygen atoms in total. The fourth-order valence-electron chi connectivity index (χ4n) is 3.39. The molecule has 4 aromatic carbocycles. The molecule has 0 aliphatic rings. The van der Waals surface area contributed by atoms with E-state index in [0.717, 1.165) is 11.1 Å². The molecule has 2 heteroatoms. The van der Waals surface area contributed by atoms with Crippen LogP contribution in [-0.4, -0.2) is 10.2 Å². The van der Waals surface area contributed by atoms with Gasteiger partial charge in [-0.05, 0) is 46.5 Å². The highest BCUT2D eigenvalue weighted by Gasteiger charge is 2.08. The zero-order valence-corrected chi connectivity index (χ0v) is 17.4. The van der Waals surface area contributed by atoms with Crippen molar-refractivity contribution in [2.75, 3.05) is 0 Å². The number of rotatable bonds is 4. The summed E-state index contributed by atoms with van der Waals surface area (Å²) in [6.07, 6.45) is 0. The molecule has 0 aromatic heterocycles. The molecule has 4 aromatic rings. The Bertz CT molecular complexity index is 923. The molecule has 0 saturated heterocycles. The molecule has 0 spiro atoms. The SMILES string of the molecule is CC(c1ccc(O)cc1)c1ccc(O)cc1.CC(c1ccccc1)c1ccccc1. The van der Waals surface area contributed by atoms with Gasteiger partial charge >= 0.3 is 0 Å². The maximum atomic E-state index is 9.21. The molecule has 2 N–H and O–H groups in total. The average molecular weight is 397 g/mol. The largest absolute Gasteiger partial charge is 0.508 e. The van der Waals surface area contributed by atoms with E-state index in [-0.39, 0.29) is 17.4 Å². The van der Waals surface area contributed by atoms with E-state index in [4.69, 9.17) is 0 Å². The van der Waals surface area contributed by atoms with E-state index in [9.17, 15) is 10.2 Å². The summed E-state index contributed by atoms with van der Waals surface area (Å²) in [5.74, 6) is 1.29. The van der Waals surface area contributed by atoms with E-state index >= 15 is 0 Å². The summed E-state index contributed by atoms with van der Waals surface area (Å²) in [6, 6.07) is 35.6. The molecule has 4 rings (SSSR count). The molecule has 0 aliphatic heterocycles. The first kappa shape index (κ1) is 21.2. The lowest BCUT2D eigenvalue weighted by Crippen LogP contribution is -1.94. The minimum absolute atomic E-state index is 0.251. The summed E-state index contributed by atoms with van der Waals surface area (Å²) < 4.78 is 0. The minimum atomic E-state index is 0.251. The van der Waals surface area contributed by atoms with E-state index in [1.54, 1.807) is 24.3 Å². The summed E-state index contributed by atoms with van der Waals surface area (Å²) in [7, 11) is 0. The zero-order chi connectivity index (χ0) is 21.3. The van der Waals surface area contributed by atoms with Gasteiger partial charge in [0, 0.05) is 11.8 Å². The van der Waals surface area contributed by atoms with Gasteiger partial charge in [-0.15, -0.1) is 0 Å². The second kappa shape index (κ2) is 10.3. The summed E-state index contributed by atoms with van der Waals surface area (Å²) >= 11 is 0. The van der Waals surface area contributed by atoms with Gasteiger partial charge in [0.1, 0.15) is 11.5 Å². The molecule has 0 fully saturated rings. The maximum absolute atomic E-state index is 9.21. The van der Waals surface area contributed by atoms with Crippen LogP contribution < -0.4 is 0 Å². The molecule has 0 saturated carbocycles. The van der Waals surface area contributed by atoms with Crippen molar-refractivity contribution in [2.45, 2.75) is 25.7 Å². The molecule has 0 atom stereocenters. The molecule has 0 unspecified atom stereocenters. The van der Waals surface area contributed by atoms with Gasteiger partial charge in [0.2, 0.25) is 0 Å². The predicted molar refractivity (Wildman–Crippen MR) is 124 cm³/mol. The molecule has 0 heterocycles. The van der Waals surface area contributed by atoms with Crippen molar-refractivity contribution >= 4 is 0 Å². The first-order valence-electron chi connectivity index (χ1n) is 10.2. The van der Waals surface area contributed by atoms with Gasteiger partial charge in [0.05, 0.1) is 0 Å². The minimum Gasteiger partial charge on any atom is -0.508 e. The van der Waals surface area contributed by atoms with Crippen LogP contribution in [0.4, 0.5) is 0 Å². The fraction of sp³-hybridized carbons (Fsp3) is 0.143. The van der Waals surface area contributed by atoms with Crippen LogP contribution in [-0.2, 0) is 0 Å². The molecule has 0 bridgehead atoms. The number of phenols is 2. The molecule has 30 heavy (non-hydrogen) atoms. The van der Waals surface area contributed by atoms with Crippen molar-refractivity contribution in [3.05, 3.63) is 131 Å². The van der Waals surface area contributed by atoms with Gasteiger partial charge in [-0.2, -0.15) is 0 Å². The molecular formula is C28H28O2. The Balaban J connectivity index is 0.000000172. The number of hydrogen-bond acceptors (Lipinski definition) is 2. The van der Waals surface area contributed by atoms with Gasteiger partial charge < -0.3 is 10.2 Å². The first-order valence-corrected chi connectivity index (χ1v) is 10.2. The van der Waals surface area contributed by atoms with Gasteiger partial charge in [-0.3, -0.25) is 0 Å². The van der Waals surface area contributed by atoms with Crippen molar-refractivity contribution in [1.29, 1.82) is 0 Å². The smallest absolute Gasteiger partial charge is 0.115 e. The lowest BCUT2D eigenvalue weighted by atomic mass is 9.93. The molecule has 0 amide bonds. The van der Waals surface area contributed by atoms with Crippen molar-refractivity contribution in [1.82, 2.24) is 0 Å². The van der Waals surface area contributed by atoms with Crippen LogP contribution in [0.5, 0.6) is 11.5 Å². The van der Waals surface area contributed by atoms with E-state index in [1.807, 2.05) is 24.3 Å². The summed E-state index contributed by atoms with van der Waals surface area (Å²) in [5, 5.41) is 18.4. The second-order valence-electron chi connectivity index (χ2n) is 7.45. The summed E-state index contributed by atoms with van der Waals surface area (Å²) in [6.45, 7) is 4.34. The van der Waals surface area contributed by atoms with Crippen LogP contribution in [0.25, 0.3) is 0 Å². The number of hydrogen-bond donors (Lipinski definition) is 2. The lowest BCUT2D eigenvalue weighted by molar-refractivity contribution is 0.475. The highest BCUT2D eigenvalue weighted by atomic mass is 16.3. The third-order valence-electron chi connectivity index (χ3n) is 5.39. The predicted octanol–water partition coefficient (Wildman–Crippen LogP) is 7.09. The maximum Gasteiger partial charge on any atom is 0.115 e. The molecule has 0 aliphatic carbocycles. The van der Waals surface area contributed by atoms with Crippen LogP contribution in [0.2, 0.25) is 0 Å². The standard InChI is InChI=1S/C14H14O2.C14H14/c1-10(11-2-6-13(15)7-3-11)12-4-8-14(16)9-5-12;1-12(13-8-4-2-5-9-13)14-10-6-3-7-11-14/h2-10,15-16H,1H3;2-12H,1H3. The van der Waals surface area contributed by atoms with Crippen LogP contribution in [0.15, 0.2) is 109 Å². The quantitative estimate of drug-likeness (QED) is 0.387. The molecular weight excluding hydrogens is 368 g/mol. The Morgan fingerprint density at radius 2 is 0.667 bits per heavy atom. The number of phenolic OH excluding ortho intramolecular Hbond substituents is 2. The van der Waals surface area contributed by atoms with Gasteiger partial charge in [-0.1, -0.05) is 98.8 Å². The van der Waals surface area contributed by atoms with Crippen molar-refractivity contribution in [3.8, 4) is 11.5 Å². The highest BCUT2D eigenvalue weighted by molar-refractivity contribution is 5.37. The third-order valence-corrected chi connectivity index (χ3v) is 5.39. The summed E-state index contributed by atoms with van der Waals surface area (Å²) in [4.78, 5) is 0. The Kier molecular flexibility index (Phi) is 7.29. The van der Waals surface area contributed by atoms with Crippen molar-refractivity contribution < 1.29 is 10.2 Å². The van der Waals surface area contributed by atoms with Crippen LogP contribution >= 0.6 is 0 Å². The topological polar surface area (TPSA) is 40.5 Å².